The highest BCUT2D eigenvalue weighted by atomic mass is 35.5. The predicted octanol–water partition coefficient (Wildman–Crippen LogP) is 2.99. The fourth-order valence-electron chi connectivity index (χ4n) is 1.58. The molecule has 0 atom stereocenters. The highest BCUT2D eigenvalue weighted by Crippen LogP contribution is 2.22. The van der Waals surface area contributed by atoms with E-state index in [-0.39, 0.29) is 5.91 Å². The molecule has 0 aliphatic heterocycles. The van der Waals surface area contributed by atoms with E-state index in [1.807, 2.05) is 0 Å². The lowest BCUT2D eigenvalue weighted by Crippen LogP contribution is -2.26. The molecule has 0 fully saturated rings. The fourth-order valence-corrected chi connectivity index (χ4v) is 1.95. The molecule has 94 valence electrons. The molecule has 1 N–H and O–H groups in total. The average Bonchev–Trinajstić information content (AvgIpc) is 2.84. The number of aromatic amines is 1. The van der Waals surface area contributed by atoms with Crippen molar-refractivity contribution in [3.8, 4) is 0 Å². The van der Waals surface area contributed by atoms with Crippen molar-refractivity contribution < 1.29 is 4.79 Å². The van der Waals surface area contributed by atoms with Gasteiger partial charge in [-0.1, -0.05) is 23.2 Å². The number of nitrogens with zero attached hydrogens (tertiary/aromatic N) is 2. The summed E-state index contributed by atoms with van der Waals surface area (Å²) in [5.74, 6) is -0.177. The van der Waals surface area contributed by atoms with Crippen LogP contribution in [0.15, 0.2) is 30.6 Å². The summed E-state index contributed by atoms with van der Waals surface area (Å²) in [6, 6.07) is 4.83. The number of H-pyrrole nitrogens is 1. The minimum atomic E-state index is -0.177. The van der Waals surface area contributed by atoms with Gasteiger partial charge in [-0.3, -0.25) is 9.89 Å². The molecule has 0 aliphatic rings. The quantitative estimate of drug-likeness (QED) is 0.942. The van der Waals surface area contributed by atoms with Crippen molar-refractivity contribution in [1.29, 1.82) is 0 Å². The van der Waals surface area contributed by atoms with Gasteiger partial charge in [-0.2, -0.15) is 5.10 Å². The number of nitrogens with one attached hydrogen (secondary N) is 1. The molecule has 2 aromatic rings. The summed E-state index contributed by atoms with van der Waals surface area (Å²) in [5, 5.41) is 7.41. The zero-order valence-electron chi connectivity index (χ0n) is 9.65. The molecule has 18 heavy (non-hydrogen) atoms. The topological polar surface area (TPSA) is 49.0 Å². The highest BCUT2D eigenvalue weighted by molar-refractivity contribution is 6.35. The van der Waals surface area contributed by atoms with Gasteiger partial charge < -0.3 is 4.90 Å². The monoisotopic (exact) mass is 283 g/mol. The lowest BCUT2D eigenvalue weighted by molar-refractivity contribution is 0.0785. The van der Waals surface area contributed by atoms with Gasteiger partial charge in [0.15, 0.2) is 0 Å². The third-order valence-electron chi connectivity index (χ3n) is 2.48. The lowest BCUT2D eigenvalue weighted by atomic mass is 10.2. The van der Waals surface area contributed by atoms with Crippen LogP contribution in [0.3, 0.4) is 0 Å². The van der Waals surface area contributed by atoms with Gasteiger partial charge in [0, 0.05) is 30.4 Å². The van der Waals surface area contributed by atoms with E-state index in [2.05, 4.69) is 10.2 Å². The van der Waals surface area contributed by atoms with Gasteiger partial charge >= 0.3 is 0 Å². The van der Waals surface area contributed by atoms with Gasteiger partial charge in [-0.15, -0.1) is 0 Å². The first kappa shape index (κ1) is 12.9. The van der Waals surface area contributed by atoms with E-state index in [0.717, 1.165) is 5.56 Å². The summed E-state index contributed by atoms with van der Waals surface area (Å²) in [6.45, 7) is 0.457. The number of carbonyl (C=O) groups excluding carboxylic acids is 1. The second-order valence-corrected chi connectivity index (χ2v) is 4.74. The average molecular weight is 284 g/mol. The Morgan fingerprint density at radius 1 is 1.44 bits per heavy atom. The van der Waals surface area contributed by atoms with Crippen molar-refractivity contribution in [3.63, 3.8) is 0 Å². The summed E-state index contributed by atoms with van der Waals surface area (Å²) < 4.78 is 0. The van der Waals surface area contributed by atoms with E-state index in [0.29, 0.717) is 22.2 Å². The van der Waals surface area contributed by atoms with Gasteiger partial charge in [0.25, 0.3) is 5.91 Å². The van der Waals surface area contributed by atoms with Crippen molar-refractivity contribution in [3.05, 3.63) is 51.8 Å². The van der Waals surface area contributed by atoms with Crippen LogP contribution >= 0.6 is 23.2 Å². The summed E-state index contributed by atoms with van der Waals surface area (Å²) in [7, 11) is 1.70. The van der Waals surface area contributed by atoms with E-state index in [1.165, 1.54) is 0 Å². The SMILES string of the molecule is CN(Cc1cn[nH]c1)C(=O)c1cc(Cl)ccc1Cl. The molecular weight excluding hydrogens is 273 g/mol. The predicted molar refractivity (Wildman–Crippen MR) is 70.8 cm³/mol. The van der Waals surface area contributed by atoms with Crippen LogP contribution in [0.4, 0.5) is 0 Å². The van der Waals surface area contributed by atoms with E-state index < -0.39 is 0 Å². The number of hydrogen-bond acceptors (Lipinski definition) is 2. The maximum atomic E-state index is 12.2. The molecule has 0 aliphatic carbocycles. The lowest BCUT2D eigenvalue weighted by Gasteiger charge is -2.17. The summed E-state index contributed by atoms with van der Waals surface area (Å²) in [6.07, 6.45) is 3.41. The number of carbonyl (C=O) groups is 1. The first-order chi connectivity index (χ1) is 8.58. The van der Waals surface area contributed by atoms with Crippen molar-refractivity contribution in [1.82, 2.24) is 15.1 Å². The van der Waals surface area contributed by atoms with Crippen LogP contribution in [-0.2, 0) is 6.54 Å². The molecule has 1 amide bonds. The number of aromatic nitrogens is 2. The van der Waals surface area contributed by atoms with Crippen LogP contribution in [0.1, 0.15) is 15.9 Å². The molecule has 1 aromatic carbocycles. The normalized spacial score (nSPS) is 10.4. The second-order valence-electron chi connectivity index (χ2n) is 3.89. The standard InChI is InChI=1S/C12H11Cl2N3O/c1-17(7-8-5-15-16-6-8)12(18)10-4-9(13)2-3-11(10)14/h2-6H,7H2,1H3,(H,15,16). The van der Waals surface area contributed by atoms with Crippen molar-refractivity contribution in [2.24, 2.45) is 0 Å². The molecule has 2 rings (SSSR count). The zero-order valence-corrected chi connectivity index (χ0v) is 11.2. The maximum Gasteiger partial charge on any atom is 0.255 e. The minimum absolute atomic E-state index is 0.177. The van der Waals surface area contributed by atoms with E-state index in [1.54, 1.807) is 42.5 Å². The third-order valence-corrected chi connectivity index (χ3v) is 3.04. The molecule has 4 nitrogen and oxygen atoms in total. The largest absolute Gasteiger partial charge is 0.337 e. The molecule has 0 bridgehead atoms. The van der Waals surface area contributed by atoms with E-state index in [4.69, 9.17) is 23.2 Å². The minimum Gasteiger partial charge on any atom is -0.337 e. The Hall–Kier alpha value is -1.52. The Bertz CT molecular complexity index is 554. The molecule has 0 saturated heterocycles. The number of hydrogen-bond donors (Lipinski definition) is 1. The number of rotatable bonds is 3. The van der Waals surface area contributed by atoms with Crippen molar-refractivity contribution in [2.75, 3.05) is 7.05 Å². The van der Waals surface area contributed by atoms with Gasteiger partial charge in [-0.05, 0) is 18.2 Å². The summed E-state index contributed by atoms with van der Waals surface area (Å²) in [4.78, 5) is 13.8. The van der Waals surface area contributed by atoms with Gasteiger partial charge in [-0.25, -0.2) is 0 Å². The van der Waals surface area contributed by atoms with Crippen LogP contribution in [0.2, 0.25) is 10.0 Å². The molecule has 0 radical (unpaired) electrons. The molecule has 6 heteroatoms. The Labute approximate surface area is 115 Å². The number of amides is 1. The molecular formula is C12H11Cl2N3O. The first-order valence-corrected chi connectivity index (χ1v) is 6.01. The van der Waals surface area contributed by atoms with Crippen LogP contribution in [-0.4, -0.2) is 28.1 Å². The van der Waals surface area contributed by atoms with Crippen LogP contribution in [0, 0.1) is 0 Å². The van der Waals surface area contributed by atoms with Gasteiger partial charge in [0.2, 0.25) is 0 Å². The van der Waals surface area contributed by atoms with Crippen LogP contribution in [0.25, 0.3) is 0 Å². The Kier molecular flexibility index (Phi) is 3.89. The number of halogens is 2. The van der Waals surface area contributed by atoms with E-state index in [9.17, 15) is 4.79 Å². The fraction of sp³-hybridized carbons (Fsp3) is 0.167. The number of benzene rings is 1. The van der Waals surface area contributed by atoms with Crippen molar-refractivity contribution in [2.45, 2.75) is 6.54 Å². The zero-order chi connectivity index (χ0) is 13.1. The molecule has 0 saturated carbocycles. The Morgan fingerprint density at radius 2 is 2.22 bits per heavy atom. The smallest absolute Gasteiger partial charge is 0.255 e. The molecule has 1 aromatic heterocycles. The highest BCUT2D eigenvalue weighted by Gasteiger charge is 2.16. The molecule has 1 heterocycles. The Balaban J connectivity index is 2.17. The maximum absolute atomic E-state index is 12.2. The third kappa shape index (κ3) is 2.83. The molecule has 0 unspecified atom stereocenters. The van der Waals surface area contributed by atoms with Crippen LogP contribution in [0.5, 0.6) is 0 Å². The van der Waals surface area contributed by atoms with Crippen molar-refractivity contribution >= 4 is 29.1 Å². The van der Waals surface area contributed by atoms with Gasteiger partial charge in [0.1, 0.15) is 0 Å². The Morgan fingerprint density at radius 3 is 2.89 bits per heavy atom. The summed E-state index contributed by atoms with van der Waals surface area (Å²) >= 11 is 11.9. The van der Waals surface area contributed by atoms with Gasteiger partial charge in [0.05, 0.1) is 16.8 Å². The van der Waals surface area contributed by atoms with Crippen LogP contribution < -0.4 is 0 Å². The summed E-state index contributed by atoms with van der Waals surface area (Å²) in [5.41, 5.74) is 1.32. The van der Waals surface area contributed by atoms with E-state index >= 15 is 0 Å². The second kappa shape index (κ2) is 5.42. The molecule has 0 spiro atoms. The first-order valence-electron chi connectivity index (χ1n) is 5.26.